The van der Waals surface area contributed by atoms with E-state index in [1.54, 1.807) is 0 Å². The van der Waals surface area contributed by atoms with Crippen LogP contribution in [0.2, 0.25) is 0 Å². The molecular formula is C18H38N2. The lowest BCUT2D eigenvalue weighted by Gasteiger charge is -2.37. The van der Waals surface area contributed by atoms with Gasteiger partial charge in [0.2, 0.25) is 0 Å². The SMILES string of the molecule is CNC1CCCCCC1N(CCC(C)C)CCC(C)C. The monoisotopic (exact) mass is 282 g/mol. The third-order valence-electron chi connectivity index (χ3n) is 4.81. The van der Waals surface area contributed by atoms with E-state index in [1.165, 1.54) is 58.0 Å². The first-order chi connectivity index (χ1) is 9.54. The van der Waals surface area contributed by atoms with Crippen LogP contribution in [0, 0.1) is 11.8 Å². The molecule has 1 saturated carbocycles. The highest BCUT2D eigenvalue weighted by atomic mass is 15.2. The summed E-state index contributed by atoms with van der Waals surface area (Å²) in [6, 6.07) is 1.47. The minimum absolute atomic E-state index is 0.705. The van der Waals surface area contributed by atoms with Crippen LogP contribution in [0.5, 0.6) is 0 Å². The normalized spacial score (nSPS) is 24.6. The standard InChI is InChI=1S/C18H38N2/c1-15(2)11-13-20(14-12-16(3)4)18-10-8-6-7-9-17(18)19-5/h15-19H,6-14H2,1-5H3. The average Bonchev–Trinajstić information content (AvgIpc) is 2.63. The predicted octanol–water partition coefficient (Wildman–Crippen LogP) is 4.30. The molecule has 0 amide bonds. The molecule has 2 unspecified atom stereocenters. The van der Waals surface area contributed by atoms with E-state index in [9.17, 15) is 0 Å². The lowest BCUT2D eigenvalue weighted by Crippen LogP contribution is -2.49. The van der Waals surface area contributed by atoms with Crippen LogP contribution < -0.4 is 5.32 Å². The van der Waals surface area contributed by atoms with E-state index in [1.807, 2.05) is 0 Å². The first-order valence-corrected chi connectivity index (χ1v) is 8.96. The highest BCUT2D eigenvalue weighted by molar-refractivity contribution is 4.86. The lowest BCUT2D eigenvalue weighted by atomic mass is 9.99. The lowest BCUT2D eigenvalue weighted by molar-refractivity contribution is 0.137. The Kier molecular flexibility index (Phi) is 8.79. The molecule has 1 fully saturated rings. The molecule has 1 aliphatic rings. The van der Waals surface area contributed by atoms with Crippen molar-refractivity contribution in [1.82, 2.24) is 10.2 Å². The second kappa shape index (κ2) is 9.78. The number of rotatable bonds is 8. The second-order valence-corrected chi connectivity index (χ2v) is 7.50. The van der Waals surface area contributed by atoms with Gasteiger partial charge in [-0.15, -0.1) is 0 Å². The first-order valence-electron chi connectivity index (χ1n) is 8.96. The summed E-state index contributed by atoms with van der Waals surface area (Å²) >= 11 is 0. The Bertz CT molecular complexity index is 226. The number of likely N-dealkylation sites (N-methyl/N-ethyl adjacent to an activating group) is 1. The zero-order valence-electron chi connectivity index (χ0n) is 14.6. The van der Waals surface area contributed by atoms with Gasteiger partial charge in [-0.2, -0.15) is 0 Å². The van der Waals surface area contributed by atoms with E-state index >= 15 is 0 Å². The van der Waals surface area contributed by atoms with Gasteiger partial charge in [-0.1, -0.05) is 47.0 Å². The Balaban J connectivity index is 2.65. The molecule has 2 nitrogen and oxygen atoms in total. The zero-order valence-corrected chi connectivity index (χ0v) is 14.6. The molecule has 1 aliphatic carbocycles. The molecule has 120 valence electrons. The number of hydrogen-bond donors (Lipinski definition) is 1. The Hall–Kier alpha value is -0.0800. The molecule has 1 rings (SSSR count). The summed E-state index contributed by atoms with van der Waals surface area (Å²) in [6.07, 6.45) is 9.68. The van der Waals surface area contributed by atoms with Crippen molar-refractivity contribution in [3.05, 3.63) is 0 Å². The van der Waals surface area contributed by atoms with Crippen LogP contribution in [-0.4, -0.2) is 37.1 Å². The van der Waals surface area contributed by atoms with Crippen molar-refractivity contribution in [2.45, 2.75) is 84.7 Å². The fourth-order valence-electron chi connectivity index (χ4n) is 3.35. The summed E-state index contributed by atoms with van der Waals surface area (Å²) in [7, 11) is 2.16. The van der Waals surface area contributed by atoms with Gasteiger partial charge >= 0.3 is 0 Å². The predicted molar refractivity (Wildman–Crippen MR) is 90.2 cm³/mol. The molecule has 0 heterocycles. The first kappa shape index (κ1) is 18.0. The van der Waals surface area contributed by atoms with Crippen molar-refractivity contribution in [3.8, 4) is 0 Å². The average molecular weight is 283 g/mol. The van der Waals surface area contributed by atoms with Gasteiger partial charge in [-0.3, -0.25) is 4.90 Å². The largest absolute Gasteiger partial charge is 0.315 e. The van der Waals surface area contributed by atoms with Crippen molar-refractivity contribution in [2.24, 2.45) is 11.8 Å². The summed E-state index contributed by atoms with van der Waals surface area (Å²) in [4.78, 5) is 2.81. The van der Waals surface area contributed by atoms with E-state index < -0.39 is 0 Å². The molecule has 20 heavy (non-hydrogen) atoms. The highest BCUT2D eigenvalue weighted by Crippen LogP contribution is 2.24. The van der Waals surface area contributed by atoms with E-state index in [0.717, 1.165) is 17.9 Å². The van der Waals surface area contributed by atoms with Gasteiger partial charge in [0.25, 0.3) is 0 Å². The van der Waals surface area contributed by atoms with Crippen molar-refractivity contribution < 1.29 is 0 Å². The van der Waals surface area contributed by atoms with Crippen molar-refractivity contribution in [1.29, 1.82) is 0 Å². The smallest absolute Gasteiger partial charge is 0.0249 e. The van der Waals surface area contributed by atoms with Gasteiger partial charge in [0, 0.05) is 12.1 Å². The number of nitrogens with one attached hydrogen (secondary N) is 1. The summed E-state index contributed by atoms with van der Waals surface area (Å²) in [5, 5.41) is 3.61. The molecule has 0 bridgehead atoms. The van der Waals surface area contributed by atoms with E-state index in [4.69, 9.17) is 0 Å². The Morgan fingerprint density at radius 1 is 0.900 bits per heavy atom. The quantitative estimate of drug-likeness (QED) is 0.668. The third kappa shape index (κ3) is 6.58. The highest BCUT2D eigenvalue weighted by Gasteiger charge is 2.27. The zero-order chi connectivity index (χ0) is 15.0. The van der Waals surface area contributed by atoms with Gasteiger partial charge in [0.15, 0.2) is 0 Å². The van der Waals surface area contributed by atoms with Gasteiger partial charge in [-0.05, 0) is 57.7 Å². The fraction of sp³-hybridized carbons (Fsp3) is 1.00. The Labute approximate surface area is 127 Å². The maximum Gasteiger partial charge on any atom is 0.0249 e. The molecule has 2 atom stereocenters. The Morgan fingerprint density at radius 2 is 1.45 bits per heavy atom. The van der Waals surface area contributed by atoms with Crippen molar-refractivity contribution in [2.75, 3.05) is 20.1 Å². The second-order valence-electron chi connectivity index (χ2n) is 7.50. The maximum absolute atomic E-state index is 3.61. The molecule has 0 radical (unpaired) electrons. The van der Waals surface area contributed by atoms with E-state index in [2.05, 4.69) is 45.0 Å². The maximum atomic E-state index is 3.61. The minimum atomic E-state index is 0.705. The molecule has 0 aromatic heterocycles. The van der Waals surface area contributed by atoms with Crippen LogP contribution in [-0.2, 0) is 0 Å². The summed E-state index contributed by atoms with van der Waals surface area (Å²) in [5.74, 6) is 1.63. The topological polar surface area (TPSA) is 15.3 Å². The molecule has 0 aliphatic heterocycles. The Morgan fingerprint density at radius 3 is 1.95 bits per heavy atom. The van der Waals surface area contributed by atoms with Crippen LogP contribution >= 0.6 is 0 Å². The van der Waals surface area contributed by atoms with Gasteiger partial charge in [-0.25, -0.2) is 0 Å². The van der Waals surface area contributed by atoms with Crippen LogP contribution in [0.3, 0.4) is 0 Å². The minimum Gasteiger partial charge on any atom is -0.315 e. The summed E-state index contributed by atoms with van der Waals surface area (Å²) in [5.41, 5.74) is 0. The summed E-state index contributed by atoms with van der Waals surface area (Å²) in [6.45, 7) is 12.0. The summed E-state index contributed by atoms with van der Waals surface area (Å²) < 4.78 is 0. The molecule has 1 N–H and O–H groups in total. The van der Waals surface area contributed by atoms with Crippen LogP contribution in [0.25, 0.3) is 0 Å². The van der Waals surface area contributed by atoms with Gasteiger partial charge < -0.3 is 5.32 Å². The third-order valence-corrected chi connectivity index (χ3v) is 4.81. The van der Waals surface area contributed by atoms with Gasteiger partial charge in [0.1, 0.15) is 0 Å². The van der Waals surface area contributed by atoms with Gasteiger partial charge in [0.05, 0.1) is 0 Å². The number of nitrogens with zero attached hydrogens (tertiary/aromatic N) is 1. The molecule has 0 saturated heterocycles. The molecule has 0 aromatic carbocycles. The van der Waals surface area contributed by atoms with Crippen LogP contribution in [0.15, 0.2) is 0 Å². The van der Waals surface area contributed by atoms with Crippen LogP contribution in [0.1, 0.15) is 72.6 Å². The van der Waals surface area contributed by atoms with Crippen molar-refractivity contribution >= 4 is 0 Å². The van der Waals surface area contributed by atoms with Crippen molar-refractivity contribution in [3.63, 3.8) is 0 Å². The molecular weight excluding hydrogens is 244 g/mol. The molecule has 0 spiro atoms. The van der Waals surface area contributed by atoms with E-state index in [0.29, 0.717) is 6.04 Å². The molecule has 0 aromatic rings. The van der Waals surface area contributed by atoms with E-state index in [-0.39, 0.29) is 0 Å². The molecule has 2 heteroatoms. The van der Waals surface area contributed by atoms with Crippen LogP contribution in [0.4, 0.5) is 0 Å². The fourth-order valence-corrected chi connectivity index (χ4v) is 3.35. The number of hydrogen-bond acceptors (Lipinski definition) is 2.